The zero-order valence-corrected chi connectivity index (χ0v) is 8.12. The zero-order valence-electron chi connectivity index (χ0n) is 8.12. The van der Waals surface area contributed by atoms with Crippen LogP contribution in [0.15, 0.2) is 30.6 Å². The number of nitrogens with zero attached hydrogens (tertiary/aromatic N) is 2. The molecule has 0 saturated carbocycles. The van der Waals surface area contributed by atoms with E-state index < -0.39 is 17.5 Å². The van der Waals surface area contributed by atoms with Crippen LogP contribution in [0.3, 0.4) is 0 Å². The number of hydrogen-bond donors (Lipinski definition) is 0. The molecule has 0 aliphatic rings. The Kier molecular flexibility index (Phi) is 2.85. The molecule has 0 atom stereocenters. The van der Waals surface area contributed by atoms with Crippen molar-refractivity contribution in [1.29, 1.82) is 0 Å². The summed E-state index contributed by atoms with van der Waals surface area (Å²) in [5, 5.41) is 0. The van der Waals surface area contributed by atoms with E-state index in [2.05, 4.69) is 9.97 Å². The van der Waals surface area contributed by atoms with Crippen LogP contribution in [0, 0.1) is 17.5 Å². The lowest BCUT2D eigenvalue weighted by Crippen LogP contribution is -2.01. The standard InChI is InChI=1S/C11H7F3N2/c12-7-4-9(13)8(10(14)5-7)6-11-15-2-1-3-16-11/h1-5H,6H2. The maximum atomic E-state index is 13.3. The van der Waals surface area contributed by atoms with Crippen LogP contribution in [0.25, 0.3) is 0 Å². The Bertz CT molecular complexity index is 477. The third-order valence-electron chi connectivity index (χ3n) is 2.06. The van der Waals surface area contributed by atoms with Crippen LogP contribution < -0.4 is 0 Å². The first kappa shape index (κ1) is 10.6. The van der Waals surface area contributed by atoms with Crippen LogP contribution in [0.4, 0.5) is 13.2 Å². The summed E-state index contributed by atoms with van der Waals surface area (Å²) < 4.78 is 39.2. The first-order chi connectivity index (χ1) is 7.66. The summed E-state index contributed by atoms with van der Waals surface area (Å²) >= 11 is 0. The molecule has 16 heavy (non-hydrogen) atoms. The van der Waals surface area contributed by atoms with Gasteiger partial charge >= 0.3 is 0 Å². The van der Waals surface area contributed by atoms with Gasteiger partial charge in [-0.3, -0.25) is 0 Å². The van der Waals surface area contributed by atoms with Crippen molar-refractivity contribution in [2.75, 3.05) is 0 Å². The van der Waals surface area contributed by atoms with E-state index in [1.54, 1.807) is 6.07 Å². The van der Waals surface area contributed by atoms with Gasteiger partial charge in [-0.15, -0.1) is 0 Å². The second kappa shape index (κ2) is 4.30. The molecule has 82 valence electrons. The van der Waals surface area contributed by atoms with E-state index in [1.807, 2.05) is 0 Å². The maximum absolute atomic E-state index is 13.3. The van der Waals surface area contributed by atoms with Crippen molar-refractivity contribution in [3.63, 3.8) is 0 Å². The van der Waals surface area contributed by atoms with Crippen molar-refractivity contribution in [3.05, 3.63) is 59.4 Å². The average molecular weight is 224 g/mol. The molecule has 2 aromatic rings. The second-order valence-corrected chi connectivity index (χ2v) is 3.19. The molecule has 0 fully saturated rings. The van der Waals surface area contributed by atoms with E-state index in [0.717, 1.165) is 0 Å². The lowest BCUT2D eigenvalue weighted by Gasteiger charge is -2.03. The van der Waals surface area contributed by atoms with Gasteiger partial charge in [0.2, 0.25) is 0 Å². The molecule has 0 spiro atoms. The molecule has 5 heteroatoms. The fourth-order valence-electron chi connectivity index (χ4n) is 1.32. The van der Waals surface area contributed by atoms with Crippen molar-refractivity contribution in [2.45, 2.75) is 6.42 Å². The zero-order chi connectivity index (χ0) is 11.5. The van der Waals surface area contributed by atoms with Gasteiger partial charge in [-0.2, -0.15) is 0 Å². The molecule has 0 N–H and O–H groups in total. The predicted molar refractivity (Wildman–Crippen MR) is 51.2 cm³/mol. The molecule has 2 rings (SSSR count). The predicted octanol–water partition coefficient (Wildman–Crippen LogP) is 2.48. The molecule has 0 aliphatic heterocycles. The summed E-state index contributed by atoms with van der Waals surface area (Å²) in [6.45, 7) is 0. The highest BCUT2D eigenvalue weighted by atomic mass is 19.1. The van der Waals surface area contributed by atoms with Gasteiger partial charge in [-0.1, -0.05) is 0 Å². The topological polar surface area (TPSA) is 25.8 Å². The van der Waals surface area contributed by atoms with Crippen molar-refractivity contribution < 1.29 is 13.2 Å². The van der Waals surface area contributed by atoms with Crippen LogP contribution in [-0.4, -0.2) is 9.97 Å². The van der Waals surface area contributed by atoms with Crippen molar-refractivity contribution in [1.82, 2.24) is 9.97 Å². The number of hydrogen-bond acceptors (Lipinski definition) is 2. The number of halogens is 3. The molecule has 1 aromatic carbocycles. The highest BCUT2D eigenvalue weighted by Gasteiger charge is 2.12. The Morgan fingerprint density at radius 1 is 0.938 bits per heavy atom. The summed E-state index contributed by atoms with van der Waals surface area (Å²) in [7, 11) is 0. The van der Waals surface area contributed by atoms with E-state index >= 15 is 0 Å². The van der Waals surface area contributed by atoms with E-state index in [4.69, 9.17) is 0 Å². The normalized spacial score (nSPS) is 10.4. The molecule has 0 radical (unpaired) electrons. The van der Waals surface area contributed by atoms with E-state index in [-0.39, 0.29) is 17.8 Å². The SMILES string of the molecule is Fc1cc(F)c(Cc2ncccn2)c(F)c1. The monoisotopic (exact) mass is 224 g/mol. The van der Waals surface area contributed by atoms with Gasteiger partial charge in [0.15, 0.2) is 0 Å². The fourth-order valence-corrected chi connectivity index (χ4v) is 1.32. The van der Waals surface area contributed by atoms with Crippen molar-refractivity contribution in [2.24, 2.45) is 0 Å². The molecule has 0 unspecified atom stereocenters. The summed E-state index contributed by atoms with van der Waals surface area (Å²) in [4.78, 5) is 7.68. The van der Waals surface area contributed by atoms with Crippen LogP contribution in [0.1, 0.15) is 11.4 Å². The third-order valence-corrected chi connectivity index (χ3v) is 2.06. The smallest absolute Gasteiger partial charge is 0.132 e. The van der Waals surface area contributed by atoms with Gasteiger partial charge in [0.1, 0.15) is 23.3 Å². The molecule has 2 nitrogen and oxygen atoms in total. The number of benzene rings is 1. The van der Waals surface area contributed by atoms with Crippen LogP contribution in [0.5, 0.6) is 0 Å². The van der Waals surface area contributed by atoms with Gasteiger partial charge in [-0.25, -0.2) is 23.1 Å². The lowest BCUT2D eigenvalue weighted by molar-refractivity contribution is 0.526. The molecule has 0 saturated heterocycles. The highest BCUT2D eigenvalue weighted by Crippen LogP contribution is 2.16. The summed E-state index contributed by atoms with van der Waals surface area (Å²) in [6.07, 6.45) is 2.85. The molecule has 0 amide bonds. The fraction of sp³-hybridized carbons (Fsp3) is 0.0909. The van der Waals surface area contributed by atoms with Crippen LogP contribution in [-0.2, 0) is 6.42 Å². The summed E-state index contributed by atoms with van der Waals surface area (Å²) in [6, 6.07) is 2.88. The van der Waals surface area contributed by atoms with Gasteiger partial charge in [0.05, 0.1) is 0 Å². The minimum absolute atomic E-state index is 0.0984. The average Bonchev–Trinajstić information content (AvgIpc) is 2.25. The van der Waals surface area contributed by atoms with Gasteiger partial charge in [-0.05, 0) is 6.07 Å². The van der Waals surface area contributed by atoms with Crippen LogP contribution in [0.2, 0.25) is 0 Å². The first-order valence-corrected chi connectivity index (χ1v) is 4.56. The minimum atomic E-state index is -0.937. The minimum Gasteiger partial charge on any atom is -0.241 e. The second-order valence-electron chi connectivity index (χ2n) is 3.19. The molecular formula is C11H7F3N2. The Balaban J connectivity index is 2.35. The molecular weight excluding hydrogens is 217 g/mol. The first-order valence-electron chi connectivity index (χ1n) is 4.56. The summed E-state index contributed by atoms with van der Waals surface area (Å²) in [5.74, 6) is -2.51. The Labute approximate surface area is 89.8 Å². The van der Waals surface area contributed by atoms with E-state index in [1.165, 1.54) is 12.4 Å². The lowest BCUT2D eigenvalue weighted by atomic mass is 10.1. The quantitative estimate of drug-likeness (QED) is 0.783. The highest BCUT2D eigenvalue weighted by molar-refractivity contribution is 5.23. The Hall–Kier alpha value is -1.91. The van der Waals surface area contributed by atoms with Crippen LogP contribution >= 0.6 is 0 Å². The number of aromatic nitrogens is 2. The molecule has 0 aliphatic carbocycles. The maximum Gasteiger partial charge on any atom is 0.132 e. The Morgan fingerprint density at radius 2 is 1.50 bits per heavy atom. The van der Waals surface area contributed by atoms with Gasteiger partial charge < -0.3 is 0 Å². The molecule has 0 bridgehead atoms. The van der Waals surface area contributed by atoms with E-state index in [9.17, 15) is 13.2 Å². The summed E-state index contributed by atoms with van der Waals surface area (Å²) in [5.41, 5.74) is -0.229. The van der Waals surface area contributed by atoms with Gasteiger partial charge in [0.25, 0.3) is 0 Å². The molecule has 1 heterocycles. The molecule has 1 aromatic heterocycles. The number of rotatable bonds is 2. The Morgan fingerprint density at radius 3 is 2.06 bits per heavy atom. The van der Waals surface area contributed by atoms with Gasteiger partial charge in [0, 0.05) is 36.5 Å². The van der Waals surface area contributed by atoms with Crippen molar-refractivity contribution in [3.8, 4) is 0 Å². The third kappa shape index (κ3) is 2.18. The largest absolute Gasteiger partial charge is 0.241 e. The van der Waals surface area contributed by atoms with E-state index in [0.29, 0.717) is 12.1 Å². The van der Waals surface area contributed by atoms with Crippen molar-refractivity contribution >= 4 is 0 Å².